The quantitative estimate of drug-likeness (QED) is 0.531. The molecular weight excluding hydrogens is 236 g/mol. The summed E-state index contributed by atoms with van der Waals surface area (Å²) in [5.41, 5.74) is 0.423. The third-order valence-electron chi connectivity index (χ3n) is 5.23. The molecule has 1 saturated carbocycles. The predicted octanol–water partition coefficient (Wildman–Crippen LogP) is 5.18. The van der Waals surface area contributed by atoms with E-state index < -0.39 is 0 Å². The zero-order chi connectivity index (χ0) is 14.5. The molecule has 0 aliphatic heterocycles. The van der Waals surface area contributed by atoms with Crippen molar-refractivity contribution in [2.75, 3.05) is 0 Å². The molecule has 0 bridgehead atoms. The average molecular weight is 266 g/mol. The first-order chi connectivity index (χ1) is 9.02. The fourth-order valence-corrected chi connectivity index (χ4v) is 3.44. The van der Waals surface area contributed by atoms with Crippen LogP contribution >= 0.6 is 0 Å². The average Bonchev–Trinajstić information content (AvgIpc) is 2.48. The molecule has 110 valence electrons. The first-order valence-corrected chi connectivity index (χ1v) is 7.96. The van der Waals surface area contributed by atoms with Crippen LogP contribution in [-0.2, 0) is 4.79 Å². The third-order valence-corrected chi connectivity index (χ3v) is 5.23. The van der Waals surface area contributed by atoms with Crippen LogP contribution < -0.4 is 0 Å². The van der Waals surface area contributed by atoms with Crippen molar-refractivity contribution in [3.05, 3.63) is 11.3 Å². The monoisotopic (exact) mass is 266 g/mol. The number of ketones is 1. The highest BCUT2D eigenvalue weighted by Gasteiger charge is 2.33. The van der Waals surface area contributed by atoms with Crippen molar-refractivity contribution < 1.29 is 9.90 Å². The highest BCUT2D eigenvalue weighted by Crippen LogP contribution is 2.39. The second-order valence-electron chi connectivity index (χ2n) is 6.01. The molecule has 1 rings (SSSR count). The Hall–Kier alpha value is -0.790. The maximum atomic E-state index is 12.5. The van der Waals surface area contributed by atoms with Crippen molar-refractivity contribution in [2.24, 2.45) is 11.3 Å². The number of Topliss-reactive ketones (excluding diaryl/α,β-unsaturated/α-hetero) is 1. The van der Waals surface area contributed by atoms with Crippen molar-refractivity contribution >= 4 is 5.78 Å². The lowest BCUT2D eigenvalue weighted by Gasteiger charge is -2.31. The summed E-state index contributed by atoms with van der Waals surface area (Å²) in [6.07, 6.45) is 8.24. The minimum atomic E-state index is -0.200. The molecule has 1 aliphatic rings. The van der Waals surface area contributed by atoms with Crippen LogP contribution in [0, 0.1) is 11.3 Å². The minimum absolute atomic E-state index is 0.152. The highest BCUT2D eigenvalue weighted by molar-refractivity contribution is 5.97. The molecule has 0 amide bonds. The van der Waals surface area contributed by atoms with Crippen LogP contribution in [0.5, 0.6) is 0 Å². The molecule has 0 radical (unpaired) electrons. The van der Waals surface area contributed by atoms with Crippen molar-refractivity contribution in [2.45, 2.75) is 79.1 Å². The summed E-state index contributed by atoms with van der Waals surface area (Å²) in [6.45, 7) is 8.12. The van der Waals surface area contributed by atoms with Gasteiger partial charge in [0, 0.05) is 16.9 Å². The van der Waals surface area contributed by atoms with Crippen LogP contribution in [0.3, 0.4) is 0 Å². The topological polar surface area (TPSA) is 37.3 Å². The van der Waals surface area contributed by atoms with Gasteiger partial charge >= 0.3 is 0 Å². The molecule has 0 aromatic carbocycles. The number of carbonyl (C=O) groups is 1. The van der Waals surface area contributed by atoms with Crippen LogP contribution in [0.4, 0.5) is 0 Å². The fourth-order valence-electron chi connectivity index (χ4n) is 3.44. The summed E-state index contributed by atoms with van der Waals surface area (Å²) in [4.78, 5) is 12.5. The number of hydrogen-bond donors (Lipinski definition) is 1. The van der Waals surface area contributed by atoms with Crippen molar-refractivity contribution in [1.82, 2.24) is 0 Å². The minimum Gasteiger partial charge on any atom is -0.511 e. The molecule has 1 N–H and O–H groups in total. The molecule has 1 aliphatic carbocycles. The number of rotatable bonds is 6. The van der Waals surface area contributed by atoms with Gasteiger partial charge < -0.3 is 5.11 Å². The Morgan fingerprint density at radius 1 is 1.05 bits per heavy atom. The number of hydrogen-bond acceptors (Lipinski definition) is 2. The molecule has 0 saturated heterocycles. The van der Waals surface area contributed by atoms with Gasteiger partial charge in [0.05, 0.1) is 0 Å². The van der Waals surface area contributed by atoms with Gasteiger partial charge in [-0.3, -0.25) is 4.79 Å². The Bertz CT molecular complexity index is 323. The highest BCUT2D eigenvalue weighted by atomic mass is 16.3. The van der Waals surface area contributed by atoms with E-state index in [0.717, 1.165) is 44.9 Å². The molecule has 0 aromatic heterocycles. The number of carbonyl (C=O) groups excluding carboxylic acids is 1. The zero-order valence-electron chi connectivity index (χ0n) is 13.1. The van der Waals surface area contributed by atoms with E-state index in [-0.39, 0.29) is 17.1 Å². The van der Waals surface area contributed by atoms with Gasteiger partial charge in [-0.05, 0) is 39.0 Å². The molecule has 0 atom stereocenters. The van der Waals surface area contributed by atoms with E-state index in [1.54, 1.807) is 0 Å². The number of allylic oxidation sites excluding steroid dienone is 2. The Kier molecular flexibility index (Phi) is 6.09. The van der Waals surface area contributed by atoms with Gasteiger partial charge in [0.25, 0.3) is 0 Å². The van der Waals surface area contributed by atoms with E-state index in [9.17, 15) is 9.90 Å². The van der Waals surface area contributed by atoms with Crippen LogP contribution in [-0.4, -0.2) is 10.9 Å². The number of aliphatic hydroxyl groups is 1. The summed E-state index contributed by atoms with van der Waals surface area (Å²) >= 11 is 0. The predicted molar refractivity (Wildman–Crippen MR) is 80.2 cm³/mol. The largest absolute Gasteiger partial charge is 0.511 e. The lowest BCUT2D eigenvalue weighted by Crippen LogP contribution is -2.26. The van der Waals surface area contributed by atoms with Gasteiger partial charge in [-0.2, -0.15) is 0 Å². The molecule has 19 heavy (non-hydrogen) atoms. The van der Waals surface area contributed by atoms with Crippen LogP contribution in [0.1, 0.15) is 79.1 Å². The Labute approximate surface area is 118 Å². The van der Waals surface area contributed by atoms with E-state index in [1.165, 1.54) is 6.42 Å². The Morgan fingerprint density at radius 3 is 1.95 bits per heavy atom. The summed E-state index contributed by atoms with van der Waals surface area (Å²) in [6, 6.07) is 0. The first-order valence-electron chi connectivity index (χ1n) is 7.96. The SMILES string of the molecule is CCC(CC)(CC)C(O)=C(C)C(=O)C1CCCCC1. The van der Waals surface area contributed by atoms with E-state index in [0.29, 0.717) is 11.3 Å². The van der Waals surface area contributed by atoms with Gasteiger partial charge in [-0.25, -0.2) is 0 Å². The van der Waals surface area contributed by atoms with E-state index in [4.69, 9.17) is 0 Å². The van der Waals surface area contributed by atoms with E-state index in [2.05, 4.69) is 20.8 Å². The zero-order valence-corrected chi connectivity index (χ0v) is 13.1. The summed E-state index contributed by atoms with van der Waals surface area (Å²) < 4.78 is 0. The summed E-state index contributed by atoms with van der Waals surface area (Å²) in [5.74, 6) is 0.701. The third kappa shape index (κ3) is 3.40. The molecule has 2 nitrogen and oxygen atoms in total. The molecule has 0 heterocycles. The van der Waals surface area contributed by atoms with Gasteiger partial charge in [-0.15, -0.1) is 0 Å². The molecule has 0 unspecified atom stereocenters. The Morgan fingerprint density at radius 2 is 1.53 bits per heavy atom. The fraction of sp³-hybridized carbons (Fsp3) is 0.824. The van der Waals surface area contributed by atoms with Crippen LogP contribution in [0.15, 0.2) is 11.3 Å². The van der Waals surface area contributed by atoms with Crippen LogP contribution in [0.2, 0.25) is 0 Å². The van der Waals surface area contributed by atoms with Gasteiger partial charge in [0.2, 0.25) is 0 Å². The van der Waals surface area contributed by atoms with E-state index >= 15 is 0 Å². The van der Waals surface area contributed by atoms with E-state index in [1.807, 2.05) is 6.92 Å². The molecule has 0 aromatic rings. The van der Waals surface area contributed by atoms with Gasteiger partial charge in [0.1, 0.15) is 5.76 Å². The number of aliphatic hydroxyl groups excluding tert-OH is 1. The molecule has 1 fully saturated rings. The lowest BCUT2D eigenvalue weighted by atomic mass is 9.74. The van der Waals surface area contributed by atoms with Crippen LogP contribution in [0.25, 0.3) is 0 Å². The van der Waals surface area contributed by atoms with Crippen molar-refractivity contribution in [3.8, 4) is 0 Å². The summed E-state index contributed by atoms with van der Waals surface area (Å²) in [5, 5.41) is 10.6. The standard InChI is InChI=1S/C17H30O2/c1-5-17(6-2,7-3)16(19)13(4)15(18)14-11-9-8-10-12-14/h14,19H,5-12H2,1-4H3. The Balaban J connectivity index is 2.95. The van der Waals surface area contributed by atoms with Crippen molar-refractivity contribution in [3.63, 3.8) is 0 Å². The maximum Gasteiger partial charge on any atom is 0.165 e. The molecule has 0 spiro atoms. The second-order valence-corrected chi connectivity index (χ2v) is 6.01. The molecule has 2 heteroatoms. The van der Waals surface area contributed by atoms with Gasteiger partial charge in [-0.1, -0.05) is 40.0 Å². The molecular formula is C17H30O2. The van der Waals surface area contributed by atoms with Gasteiger partial charge in [0.15, 0.2) is 5.78 Å². The first kappa shape index (κ1) is 16.3. The second kappa shape index (κ2) is 7.12. The van der Waals surface area contributed by atoms with Crippen molar-refractivity contribution in [1.29, 1.82) is 0 Å². The normalized spacial score (nSPS) is 19.2. The lowest BCUT2D eigenvalue weighted by molar-refractivity contribution is -0.120. The summed E-state index contributed by atoms with van der Waals surface area (Å²) in [7, 11) is 0. The smallest absolute Gasteiger partial charge is 0.165 e. The maximum absolute atomic E-state index is 12.5.